The van der Waals surface area contributed by atoms with Gasteiger partial charge in [0.1, 0.15) is 16.3 Å². The van der Waals surface area contributed by atoms with Crippen LogP contribution in [0.1, 0.15) is 65.2 Å². The van der Waals surface area contributed by atoms with Gasteiger partial charge in [-0.2, -0.15) is 0 Å². The lowest BCUT2D eigenvalue weighted by Crippen LogP contribution is -2.21. The van der Waals surface area contributed by atoms with Gasteiger partial charge in [0.15, 0.2) is 6.61 Å². The molecule has 3 aromatic rings. The molecule has 4 rings (SSSR count). The van der Waals surface area contributed by atoms with Crippen LogP contribution in [0.4, 0.5) is 5.00 Å². The molecule has 0 unspecified atom stereocenters. The minimum Gasteiger partial charge on any atom is -0.483 e. The molecule has 6 heteroatoms. The lowest BCUT2D eigenvalue weighted by Gasteiger charge is -2.17. The van der Waals surface area contributed by atoms with Crippen molar-refractivity contribution >= 4 is 28.2 Å². The third-order valence-corrected chi connectivity index (χ3v) is 7.14. The molecule has 1 aromatic heterocycles. The second-order valence-corrected chi connectivity index (χ2v) is 9.95. The molecule has 1 amide bonds. The second-order valence-electron chi connectivity index (χ2n) is 9.07. The summed E-state index contributed by atoms with van der Waals surface area (Å²) in [4.78, 5) is 25.5. The molecule has 1 heterocycles. The van der Waals surface area contributed by atoms with Gasteiger partial charge in [0.25, 0.3) is 5.91 Å². The minimum atomic E-state index is -0.467. The molecule has 34 heavy (non-hydrogen) atoms. The van der Waals surface area contributed by atoms with Crippen LogP contribution in [0.2, 0.25) is 0 Å². The summed E-state index contributed by atoms with van der Waals surface area (Å²) < 4.78 is 10.9. The van der Waals surface area contributed by atoms with Crippen LogP contribution in [0, 0.1) is 6.92 Å². The van der Waals surface area contributed by atoms with E-state index in [0.717, 1.165) is 35.1 Å². The molecule has 0 aliphatic heterocycles. The Balaban J connectivity index is 1.55. The van der Waals surface area contributed by atoms with E-state index in [1.807, 2.05) is 30.5 Å². The summed E-state index contributed by atoms with van der Waals surface area (Å²) in [6, 6.07) is 12.4. The highest BCUT2D eigenvalue weighted by Gasteiger charge is 2.23. The monoisotopic (exact) mass is 477 g/mol. The lowest BCUT2D eigenvalue weighted by molar-refractivity contribution is -0.118. The van der Waals surface area contributed by atoms with Crippen LogP contribution in [0.15, 0.2) is 41.8 Å². The summed E-state index contributed by atoms with van der Waals surface area (Å²) >= 11 is 1.32. The Kier molecular flexibility index (Phi) is 7.37. The number of anilines is 1. The third-order valence-electron chi connectivity index (χ3n) is 6.24. The van der Waals surface area contributed by atoms with Crippen molar-refractivity contribution in [1.82, 2.24) is 0 Å². The van der Waals surface area contributed by atoms with Gasteiger partial charge < -0.3 is 14.8 Å². The van der Waals surface area contributed by atoms with E-state index < -0.39 is 5.97 Å². The molecule has 178 valence electrons. The first-order valence-electron chi connectivity index (χ1n) is 11.7. The summed E-state index contributed by atoms with van der Waals surface area (Å²) in [6.45, 7) is 6.03. The smallest absolute Gasteiger partial charge is 0.341 e. The molecule has 0 radical (unpaired) electrons. The number of ether oxygens (including phenoxy) is 2. The van der Waals surface area contributed by atoms with Crippen LogP contribution >= 0.6 is 11.3 Å². The number of thiophene rings is 1. The number of carbonyl (C=O) groups is 2. The van der Waals surface area contributed by atoms with Crippen molar-refractivity contribution in [3.8, 4) is 16.9 Å². The Morgan fingerprint density at radius 1 is 1.06 bits per heavy atom. The van der Waals surface area contributed by atoms with E-state index in [1.165, 1.54) is 42.4 Å². The average molecular weight is 478 g/mol. The number of methoxy groups -OCH3 is 1. The largest absolute Gasteiger partial charge is 0.483 e. The first-order valence-corrected chi connectivity index (χ1v) is 12.6. The fraction of sp³-hybridized carbons (Fsp3) is 0.357. The fourth-order valence-corrected chi connectivity index (χ4v) is 5.39. The molecule has 0 spiro atoms. The number of carbonyl (C=O) groups excluding carboxylic acids is 2. The predicted octanol–water partition coefficient (Wildman–Crippen LogP) is 6.53. The Labute approximate surface area is 205 Å². The maximum atomic E-state index is 12.8. The number of hydrogen-bond acceptors (Lipinski definition) is 5. The van der Waals surface area contributed by atoms with Crippen molar-refractivity contribution in [1.29, 1.82) is 0 Å². The van der Waals surface area contributed by atoms with Crippen LogP contribution < -0.4 is 10.1 Å². The van der Waals surface area contributed by atoms with Crippen molar-refractivity contribution in [2.45, 2.75) is 52.4 Å². The average Bonchev–Trinajstić information content (AvgIpc) is 3.25. The zero-order valence-electron chi connectivity index (χ0n) is 20.2. The van der Waals surface area contributed by atoms with E-state index in [1.54, 1.807) is 0 Å². The molecule has 2 aromatic carbocycles. The molecule has 5 nitrogen and oxygen atoms in total. The Morgan fingerprint density at radius 3 is 2.56 bits per heavy atom. The summed E-state index contributed by atoms with van der Waals surface area (Å²) in [5.41, 5.74) is 6.98. The molecule has 1 N–H and O–H groups in total. The van der Waals surface area contributed by atoms with Crippen molar-refractivity contribution in [3.05, 3.63) is 69.6 Å². The zero-order chi connectivity index (χ0) is 24.2. The van der Waals surface area contributed by atoms with Gasteiger partial charge in [-0.25, -0.2) is 4.79 Å². The van der Waals surface area contributed by atoms with Gasteiger partial charge in [0, 0.05) is 10.9 Å². The van der Waals surface area contributed by atoms with Gasteiger partial charge >= 0.3 is 5.97 Å². The van der Waals surface area contributed by atoms with Crippen LogP contribution in [0.25, 0.3) is 11.1 Å². The van der Waals surface area contributed by atoms with E-state index >= 15 is 0 Å². The highest BCUT2D eigenvalue weighted by Crippen LogP contribution is 2.38. The molecule has 0 fully saturated rings. The molecule has 0 atom stereocenters. The Hall–Kier alpha value is -3.12. The van der Waals surface area contributed by atoms with Gasteiger partial charge in [0.2, 0.25) is 0 Å². The SMILES string of the molecule is COC(=O)c1c(-c2ccc3c(c2)CCCC3)csc1NC(=O)COc1cc(C)ccc1C(C)C. The maximum Gasteiger partial charge on any atom is 0.341 e. The van der Waals surface area contributed by atoms with Crippen LogP contribution in [-0.4, -0.2) is 25.6 Å². The quantitative estimate of drug-likeness (QED) is 0.393. The number of hydrogen-bond donors (Lipinski definition) is 1. The Morgan fingerprint density at radius 2 is 1.82 bits per heavy atom. The minimum absolute atomic E-state index is 0.143. The molecule has 0 saturated heterocycles. The lowest BCUT2D eigenvalue weighted by atomic mass is 9.89. The maximum absolute atomic E-state index is 12.8. The van der Waals surface area contributed by atoms with Crippen LogP contribution in [0.5, 0.6) is 5.75 Å². The molecule has 0 saturated carbocycles. The van der Waals surface area contributed by atoms with Gasteiger partial charge in [0.05, 0.1) is 7.11 Å². The number of amides is 1. The fourth-order valence-electron chi connectivity index (χ4n) is 4.42. The summed E-state index contributed by atoms with van der Waals surface area (Å²) in [6.07, 6.45) is 4.56. The Bertz CT molecular complexity index is 1210. The molecule has 0 bridgehead atoms. The van der Waals surface area contributed by atoms with Crippen molar-refractivity contribution in [2.75, 3.05) is 19.0 Å². The van der Waals surface area contributed by atoms with Gasteiger partial charge in [-0.3, -0.25) is 4.79 Å². The van der Waals surface area contributed by atoms with Crippen molar-refractivity contribution in [3.63, 3.8) is 0 Å². The topological polar surface area (TPSA) is 64.6 Å². The number of nitrogens with one attached hydrogen (secondary N) is 1. The second kappa shape index (κ2) is 10.4. The van der Waals surface area contributed by atoms with E-state index in [-0.39, 0.29) is 18.4 Å². The number of fused-ring (bicyclic) bond motifs is 1. The zero-order valence-corrected chi connectivity index (χ0v) is 21.0. The third kappa shape index (κ3) is 5.17. The van der Waals surface area contributed by atoms with Crippen LogP contribution in [-0.2, 0) is 22.4 Å². The molecular weight excluding hydrogens is 446 g/mol. The normalized spacial score (nSPS) is 12.9. The number of rotatable bonds is 7. The molecular formula is C28H31NO4S. The first kappa shape index (κ1) is 24.0. The summed E-state index contributed by atoms with van der Waals surface area (Å²) in [5, 5.41) is 5.25. The van der Waals surface area contributed by atoms with E-state index in [9.17, 15) is 9.59 Å². The van der Waals surface area contributed by atoms with Crippen LogP contribution in [0.3, 0.4) is 0 Å². The standard InChI is InChI=1S/C28H31NO4S/c1-17(2)22-12-9-18(3)13-24(22)33-15-25(30)29-27-26(28(31)32-4)23(16-34-27)21-11-10-19-7-5-6-8-20(19)14-21/h9-14,16-17H,5-8,15H2,1-4H3,(H,29,30). The molecule has 1 aliphatic rings. The number of esters is 1. The van der Waals surface area contributed by atoms with Gasteiger partial charge in [-0.15, -0.1) is 11.3 Å². The van der Waals surface area contributed by atoms with E-state index in [2.05, 4.69) is 37.4 Å². The predicted molar refractivity (Wildman–Crippen MR) is 137 cm³/mol. The highest BCUT2D eigenvalue weighted by atomic mass is 32.1. The van der Waals surface area contributed by atoms with E-state index in [4.69, 9.17) is 9.47 Å². The number of aryl methyl sites for hydroxylation is 3. The van der Waals surface area contributed by atoms with Crippen molar-refractivity contribution < 1.29 is 19.1 Å². The first-order chi connectivity index (χ1) is 16.4. The highest BCUT2D eigenvalue weighted by molar-refractivity contribution is 7.15. The van der Waals surface area contributed by atoms with Gasteiger partial charge in [-0.05, 0) is 72.4 Å². The van der Waals surface area contributed by atoms with E-state index in [0.29, 0.717) is 16.3 Å². The van der Waals surface area contributed by atoms with Crippen molar-refractivity contribution in [2.24, 2.45) is 0 Å². The molecule has 1 aliphatic carbocycles. The number of benzene rings is 2. The summed E-state index contributed by atoms with van der Waals surface area (Å²) in [7, 11) is 1.36. The van der Waals surface area contributed by atoms with Gasteiger partial charge in [-0.1, -0.05) is 44.2 Å². The summed E-state index contributed by atoms with van der Waals surface area (Å²) in [5.74, 6) is 0.200.